The van der Waals surface area contributed by atoms with E-state index in [9.17, 15) is 14.3 Å². The number of halogens is 1. The van der Waals surface area contributed by atoms with Crippen molar-refractivity contribution >= 4 is 5.91 Å². The molecule has 26 heavy (non-hydrogen) atoms. The fraction of sp³-hybridized carbons (Fsp3) is 0.158. The Hall–Kier alpha value is -3.19. The number of amides is 1. The maximum absolute atomic E-state index is 13.7. The summed E-state index contributed by atoms with van der Waals surface area (Å²) in [5.74, 6) is -0.638. The van der Waals surface area contributed by atoms with E-state index in [4.69, 9.17) is 4.74 Å². The van der Waals surface area contributed by atoms with E-state index in [1.807, 2.05) is 24.3 Å². The van der Waals surface area contributed by atoms with Crippen molar-refractivity contribution in [3.05, 3.63) is 77.9 Å². The number of aliphatic hydroxyl groups is 1. The second-order valence-electron chi connectivity index (χ2n) is 5.61. The van der Waals surface area contributed by atoms with Crippen LogP contribution >= 0.6 is 0 Å². The summed E-state index contributed by atoms with van der Waals surface area (Å²) >= 11 is 0. The largest absolute Gasteiger partial charge is 0.494 e. The summed E-state index contributed by atoms with van der Waals surface area (Å²) in [4.78, 5) is 12.1. The number of aliphatic hydroxyl groups excluding tert-OH is 1. The third-order valence-corrected chi connectivity index (χ3v) is 3.88. The van der Waals surface area contributed by atoms with Gasteiger partial charge in [0, 0.05) is 23.9 Å². The van der Waals surface area contributed by atoms with Gasteiger partial charge in [0.15, 0.2) is 6.10 Å². The van der Waals surface area contributed by atoms with Crippen LogP contribution in [0.1, 0.15) is 17.2 Å². The molecule has 7 heteroatoms. The summed E-state index contributed by atoms with van der Waals surface area (Å²) in [5.41, 5.74) is 1.43. The average molecular weight is 355 g/mol. The van der Waals surface area contributed by atoms with Crippen molar-refractivity contribution < 1.29 is 19.0 Å². The Labute approximate surface area is 149 Å². The molecular formula is C19H18FN3O3. The van der Waals surface area contributed by atoms with Gasteiger partial charge in [-0.2, -0.15) is 5.10 Å². The highest BCUT2D eigenvalue weighted by Gasteiger charge is 2.20. The maximum atomic E-state index is 13.7. The van der Waals surface area contributed by atoms with Crippen LogP contribution in [0.4, 0.5) is 4.39 Å². The normalized spacial score (nSPS) is 11.8. The summed E-state index contributed by atoms with van der Waals surface area (Å²) in [6, 6.07) is 13.0. The molecule has 1 heterocycles. The fourth-order valence-corrected chi connectivity index (χ4v) is 2.53. The molecule has 2 aromatic carbocycles. The van der Waals surface area contributed by atoms with Gasteiger partial charge in [-0.15, -0.1) is 0 Å². The summed E-state index contributed by atoms with van der Waals surface area (Å²) in [7, 11) is 1.58. The molecule has 0 aliphatic rings. The number of nitrogens with one attached hydrogen (secondary N) is 1. The number of carbonyl (C=O) groups is 1. The molecule has 3 rings (SSSR count). The Morgan fingerprint density at radius 2 is 2.00 bits per heavy atom. The van der Waals surface area contributed by atoms with E-state index in [1.165, 1.54) is 18.2 Å². The molecule has 1 aromatic heterocycles. The smallest absolute Gasteiger partial charge is 0.253 e. The number of hydrogen-bond donors (Lipinski definition) is 2. The maximum Gasteiger partial charge on any atom is 0.253 e. The lowest BCUT2D eigenvalue weighted by Gasteiger charge is -2.11. The number of nitrogens with zero attached hydrogens (tertiary/aromatic N) is 2. The van der Waals surface area contributed by atoms with E-state index in [0.29, 0.717) is 5.75 Å². The van der Waals surface area contributed by atoms with Crippen LogP contribution in [0.3, 0.4) is 0 Å². The van der Waals surface area contributed by atoms with Crippen LogP contribution in [0.25, 0.3) is 5.69 Å². The highest BCUT2D eigenvalue weighted by atomic mass is 19.1. The van der Waals surface area contributed by atoms with E-state index in [2.05, 4.69) is 10.4 Å². The molecule has 2 N–H and O–H groups in total. The van der Waals surface area contributed by atoms with Crippen LogP contribution in [0.5, 0.6) is 5.75 Å². The second-order valence-corrected chi connectivity index (χ2v) is 5.61. The number of hydrogen-bond acceptors (Lipinski definition) is 4. The predicted molar refractivity (Wildman–Crippen MR) is 93.3 cm³/mol. The number of benzene rings is 2. The first-order valence-electron chi connectivity index (χ1n) is 7.97. The Kier molecular flexibility index (Phi) is 5.28. The highest BCUT2D eigenvalue weighted by Crippen LogP contribution is 2.21. The molecule has 0 fully saturated rings. The van der Waals surface area contributed by atoms with Crippen molar-refractivity contribution in [2.24, 2.45) is 0 Å². The Bertz CT molecular complexity index is 910. The van der Waals surface area contributed by atoms with Gasteiger partial charge in [0.25, 0.3) is 5.91 Å². The predicted octanol–water partition coefficient (Wildman–Crippen LogP) is 2.37. The standard InChI is InChI=1S/C19H18FN3O3/c1-26-17-9-5-4-8-16(17)23-12-13(11-22-23)10-21-19(25)18(24)14-6-2-3-7-15(14)20/h2-9,11-12,18,24H,10H2,1H3,(H,21,25)/t18-/m0/s1. The van der Waals surface area contributed by atoms with E-state index < -0.39 is 17.8 Å². The fourth-order valence-electron chi connectivity index (χ4n) is 2.53. The molecule has 1 amide bonds. The van der Waals surface area contributed by atoms with Crippen molar-refractivity contribution in [3.8, 4) is 11.4 Å². The number of rotatable bonds is 6. The van der Waals surface area contributed by atoms with Gasteiger partial charge in [0.05, 0.1) is 13.3 Å². The van der Waals surface area contributed by atoms with Crippen molar-refractivity contribution in [1.29, 1.82) is 0 Å². The van der Waals surface area contributed by atoms with Gasteiger partial charge < -0.3 is 15.2 Å². The molecule has 0 unspecified atom stereocenters. The van der Waals surface area contributed by atoms with Crippen molar-refractivity contribution in [2.75, 3.05) is 7.11 Å². The SMILES string of the molecule is COc1ccccc1-n1cc(CNC(=O)[C@@H](O)c2ccccc2F)cn1. The minimum Gasteiger partial charge on any atom is -0.494 e. The second kappa shape index (κ2) is 7.79. The molecule has 0 radical (unpaired) electrons. The van der Waals surface area contributed by atoms with E-state index in [0.717, 1.165) is 11.3 Å². The molecule has 0 spiro atoms. The molecule has 0 saturated carbocycles. The van der Waals surface area contributed by atoms with Crippen LogP contribution in [0.15, 0.2) is 60.9 Å². The number of ether oxygens (including phenoxy) is 1. The summed E-state index contributed by atoms with van der Waals surface area (Å²) in [5, 5.41) is 16.8. The third-order valence-electron chi connectivity index (χ3n) is 3.88. The zero-order valence-corrected chi connectivity index (χ0v) is 14.1. The monoisotopic (exact) mass is 355 g/mol. The Morgan fingerprint density at radius 1 is 1.27 bits per heavy atom. The van der Waals surface area contributed by atoms with E-state index >= 15 is 0 Å². The van der Waals surface area contributed by atoms with Crippen LogP contribution in [0, 0.1) is 5.82 Å². The third kappa shape index (κ3) is 3.73. The minimum atomic E-state index is -1.57. The van der Waals surface area contributed by atoms with Crippen molar-refractivity contribution in [2.45, 2.75) is 12.6 Å². The number of methoxy groups -OCH3 is 1. The van der Waals surface area contributed by atoms with E-state index in [-0.39, 0.29) is 12.1 Å². The lowest BCUT2D eigenvalue weighted by Crippen LogP contribution is -2.29. The molecular weight excluding hydrogens is 337 g/mol. The van der Waals surface area contributed by atoms with Crippen LogP contribution in [-0.2, 0) is 11.3 Å². The molecule has 1 atom stereocenters. The van der Waals surface area contributed by atoms with Gasteiger partial charge in [0.1, 0.15) is 17.3 Å². The number of aromatic nitrogens is 2. The van der Waals surface area contributed by atoms with Crippen LogP contribution in [-0.4, -0.2) is 27.9 Å². The lowest BCUT2D eigenvalue weighted by molar-refractivity contribution is -0.129. The first-order valence-corrected chi connectivity index (χ1v) is 7.97. The molecule has 0 saturated heterocycles. The Morgan fingerprint density at radius 3 is 2.77 bits per heavy atom. The zero-order chi connectivity index (χ0) is 18.5. The molecule has 0 bridgehead atoms. The van der Waals surface area contributed by atoms with Crippen molar-refractivity contribution in [3.63, 3.8) is 0 Å². The topological polar surface area (TPSA) is 76.4 Å². The van der Waals surface area contributed by atoms with Crippen molar-refractivity contribution in [1.82, 2.24) is 15.1 Å². The van der Waals surface area contributed by atoms with Crippen LogP contribution in [0.2, 0.25) is 0 Å². The van der Waals surface area contributed by atoms with Gasteiger partial charge in [-0.25, -0.2) is 9.07 Å². The van der Waals surface area contributed by atoms with Crippen LogP contribution < -0.4 is 10.1 Å². The Balaban J connectivity index is 1.66. The quantitative estimate of drug-likeness (QED) is 0.712. The summed E-state index contributed by atoms with van der Waals surface area (Å²) in [6.07, 6.45) is 1.77. The first-order chi connectivity index (χ1) is 12.6. The molecule has 3 aromatic rings. The molecule has 0 aliphatic heterocycles. The highest BCUT2D eigenvalue weighted by molar-refractivity contribution is 5.81. The lowest BCUT2D eigenvalue weighted by atomic mass is 10.1. The first kappa shape index (κ1) is 17.6. The summed E-state index contributed by atoms with van der Waals surface area (Å²) < 4.78 is 20.6. The zero-order valence-electron chi connectivity index (χ0n) is 14.1. The number of carbonyl (C=O) groups excluding carboxylic acids is 1. The van der Waals surface area contributed by atoms with Gasteiger partial charge >= 0.3 is 0 Å². The van der Waals surface area contributed by atoms with Gasteiger partial charge in [-0.1, -0.05) is 30.3 Å². The van der Waals surface area contributed by atoms with E-state index in [1.54, 1.807) is 30.3 Å². The number of para-hydroxylation sites is 2. The molecule has 6 nitrogen and oxygen atoms in total. The van der Waals surface area contributed by atoms with Gasteiger partial charge in [-0.3, -0.25) is 4.79 Å². The van der Waals surface area contributed by atoms with Gasteiger partial charge in [0.2, 0.25) is 0 Å². The molecule has 0 aliphatic carbocycles. The minimum absolute atomic E-state index is 0.0604. The summed E-state index contributed by atoms with van der Waals surface area (Å²) in [6.45, 7) is 0.152. The average Bonchev–Trinajstić information content (AvgIpc) is 3.14. The molecule has 134 valence electrons. The van der Waals surface area contributed by atoms with Gasteiger partial charge in [-0.05, 0) is 18.2 Å².